The third kappa shape index (κ3) is 4.72. The summed E-state index contributed by atoms with van der Waals surface area (Å²) in [5.41, 5.74) is 1.31. The van der Waals surface area contributed by atoms with Crippen LogP contribution < -0.4 is 5.32 Å². The first kappa shape index (κ1) is 21.2. The smallest absolute Gasteiger partial charge is 0.283 e. The van der Waals surface area contributed by atoms with E-state index in [4.69, 9.17) is 5.26 Å². The van der Waals surface area contributed by atoms with E-state index in [-0.39, 0.29) is 18.1 Å². The Hall–Kier alpha value is -3.51. The second-order valence-electron chi connectivity index (χ2n) is 6.36. The number of aryl methyl sites for hydroxylation is 1. The number of fused-ring (bicyclic) bond motifs is 1. The monoisotopic (exact) mass is 467 g/mol. The number of nitriles is 1. The minimum atomic E-state index is -0.656. The van der Waals surface area contributed by atoms with Crippen LogP contribution in [0.1, 0.15) is 23.2 Å². The predicted octanol–water partition coefficient (Wildman–Crippen LogP) is 4.45. The number of aromatic hydroxyl groups is 1. The zero-order chi connectivity index (χ0) is 21.5. The summed E-state index contributed by atoms with van der Waals surface area (Å²) in [7, 11) is 0. The van der Waals surface area contributed by atoms with E-state index in [1.165, 1.54) is 0 Å². The number of unbranched alkanes of at least 4 members (excludes halogenated alkanes) is 1. The summed E-state index contributed by atoms with van der Waals surface area (Å²) in [6.45, 7) is 0.108. The maximum Gasteiger partial charge on any atom is 0.283 e. The minimum absolute atomic E-state index is 0.122. The van der Waals surface area contributed by atoms with Crippen LogP contribution >= 0.6 is 15.9 Å². The summed E-state index contributed by atoms with van der Waals surface area (Å²) >= 11 is 3.29. The molecule has 152 valence electrons. The van der Waals surface area contributed by atoms with Crippen LogP contribution in [0.3, 0.4) is 0 Å². The lowest BCUT2D eigenvalue weighted by atomic mass is 10.2. The van der Waals surface area contributed by atoms with Gasteiger partial charge in [-0.1, -0.05) is 30.3 Å². The van der Waals surface area contributed by atoms with Crippen molar-refractivity contribution < 1.29 is 14.7 Å². The van der Waals surface area contributed by atoms with Crippen molar-refractivity contribution in [3.05, 3.63) is 58.6 Å². The van der Waals surface area contributed by atoms with Crippen LogP contribution in [0.4, 0.5) is 5.69 Å². The van der Waals surface area contributed by atoms with E-state index in [0.717, 1.165) is 5.52 Å². The summed E-state index contributed by atoms with van der Waals surface area (Å²) in [6, 6.07) is 16.1. The topological polar surface area (TPSA) is 120 Å². The highest BCUT2D eigenvalue weighted by Gasteiger charge is 2.17. The van der Waals surface area contributed by atoms with Crippen molar-refractivity contribution in [2.75, 3.05) is 6.54 Å². The maximum absolute atomic E-state index is 12.2. The molecule has 1 heterocycles. The van der Waals surface area contributed by atoms with Crippen LogP contribution in [0, 0.1) is 11.3 Å². The molecule has 3 rings (SSSR count). The van der Waals surface area contributed by atoms with Gasteiger partial charge in [0.2, 0.25) is 5.88 Å². The van der Waals surface area contributed by atoms with Crippen molar-refractivity contribution in [2.45, 2.75) is 19.4 Å². The number of rotatable bonds is 7. The number of hydrogen-bond donors (Lipinski definition) is 2. The Bertz CT molecular complexity index is 1160. The lowest BCUT2D eigenvalue weighted by Gasteiger charge is -2.04. The summed E-state index contributed by atoms with van der Waals surface area (Å²) in [4.78, 5) is 24.3. The van der Waals surface area contributed by atoms with Gasteiger partial charge in [0, 0.05) is 22.8 Å². The summed E-state index contributed by atoms with van der Waals surface area (Å²) < 4.78 is 2.26. The van der Waals surface area contributed by atoms with E-state index in [1.54, 1.807) is 41.0 Å². The zero-order valence-electron chi connectivity index (χ0n) is 15.9. The molecule has 0 saturated carbocycles. The van der Waals surface area contributed by atoms with Gasteiger partial charge in [-0.05, 0) is 40.5 Å². The highest BCUT2D eigenvalue weighted by molar-refractivity contribution is 9.10. The molecular formula is C21H18BrN5O3. The van der Waals surface area contributed by atoms with Gasteiger partial charge in [0.05, 0.1) is 17.1 Å². The van der Waals surface area contributed by atoms with Gasteiger partial charge in [-0.3, -0.25) is 9.59 Å². The van der Waals surface area contributed by atoms with Gasteiger partial charge in [0.15, 0.2) is 5.69 Å². The van der Waals surface area contributed by atoms with Crippen LogP contribution in [0.15, 0.2) is 63.2 Å². The number of nitrogens with one attached hydrogen (secondary N) is 1. The summed E-state index contributed by atoms with van der Waals surface area (Å²) in [6.07, 6.45) is 0.928. The lowest BCUT2D eigenvalue weighted by Crippen LogP contribution is -2.28. The first-order valence-corrected chi connectivity index (χ1v) is 9.96. The van der Waals surface area contributed by atoms with Gasteiger partial charge >= 0.3 is 0 Å². The van der Waals surface area contributed by atoms with E-state index in [2.05, 4.69) is 37.5 Å². The minimum Gasteiger partial charge on any atom is -0.493 e. The molecule has 2 N–H and O–H groups in total. The number of benzene rings is 2. The molecule has 30 heavy (non-hydrogen) atoms. The second kappa shape index (κ2) is 9.80. The molecule has 9 heteroatoms. The highest BCUT2D eigenvalue weighted by atomic mass is 79.9. The van der Waals surface area contributed by atoms with Crippen molar-refractivity contribution in [3.63, 3.8) is 0 Å². The van der Waals surface area contributed by atoms with Gasteiger partial charge in [0.1, 0.15) is 6.54 Å². The summed E-state index contributed by atoms with van der Waals surface area (Å²) in [5.74, 6) is -1.19. The number of carbonyl (C=O) groups excluding carboxylic acids is 2. The molecule has 8 nitrogen and oxygen atoms in total. The summed E-state index contributed by atoms with van der Waals surface area (Å²) in [5, 5.41) is 30.0. The first-order valence-electron chi connectivity index (χ1n) is 9.17. The molecule has 0 atom stereocenters. The van der Waals surface area contributed by atoms with Crippen molar-refractivity contribution in [1.82, 2.24) is 9.88 Å². The average molecular weight is 468 g/mol. The van der Waals surface area contributed by atoms with Gasteiger partial charge in [-0.15, -0.1) is 10.2 Å². The number of para-hydroxylation sites is 1. The van der Waals surface area contributed by atoms with Crippen molar-refractivity contribution >= 4 is 44.3 Å². The Balaban J connectivity index is 1.73. The van der Waals surface area contributed by atoms with E-state index < -0.39 is 11.8 Å². The number of aromatic nitrogens is 1. The van der Waals surface area contributed by atoms with Crippen LogP contribution in [0.25, 0.3) is 10.9 Å². The largest absolute Gasteiger partial charge is 0.493 e. The molecule has 0 aliphatic heterocycles. The van der Waals surface area contributed by atoms with Crippen molar-refractivity contribution in [3.8, 4) is 11.9 Å². The van der Waals surface area contributed by atoms with Gasteiger partial charge in [0.25, 0.3) is 11.8 Å². The molecule has 0 spiro atoms. The molecule has 2 amide bonds. The fourth-order valence-electron chi connectivity index (χ4n) is 2.95. The lowest BCUT2D eigenvalue weighted by molar-refractivity contribution is -0.117. The Kier molecular flexibility index (Phi) is 6.93. The first-order chi connectivity index (χ1) is 14.5. The Morgan fingerprint density at radius 3 is 2.67 bits per heavy atom. The maximum atomic E-state index is 12.2. The van der Waals surface area contributed by atoms with E-state index >= 15 is 0 Å². The van der Waals surface area contributed by atoms with Crippen molar-refractivity contribution in [1.29, 1.82) is 5.26 Å². The second-order valence-corrected chi connectivity index (χ2v) is 7.21. The zero-order valence-corrected chi connectivity index (χ0v) is 17.5. The number of azo groups is 1. The Labute approximate surface area is 181 Å². The molecule has 3 aromatic rings. The third-order valence-corrected chi connectivity index (χ3v) is 5.06. The number of nitrogens with zero attached hydrogens (tertiary/aromatic N) is 4. The molecule has 0 radical (unpaired) electrons. The quantitative estimate of drug-likeness (QED) is 0.393. The number of hydrogen-bond acceptors (Lipinski definition) is 5. The van der Waals surface area contributed by atoms with Crippen LogP contribution in [0.2, 0.25) is 0 Å². The molecule has 0 saturated heterocycles. The normalized spacial score (nSPS) is 10.9. The van der Waals surface area contributed by atoms with E-state index in [9.17, 15) is 14.7 Å². The fourth-order valence-corrected chi connectivity index (χ4v) is 3.42. The van der Waals surface area contributed by atoms with Crippen LogP contribution in [-0.2, 0) is 11.3 Å². The molecule has 0 unspecified atom stereocenters. The van der Waals surface area contributed by atoms with Gasteiger partial charge in [-0.2, -0.15) is 5.26 Å². The molecule has 0 fully saturated rings. The number of halogens is 1. The van der Waals surface area contributed by atoms with E-state index in [0.29, 0.717) is 34.8 Å². The molecule has 0 aliphatic rings. The number of amides is 2. The van der Waals surface area contributed by atoms with Crippen molar-refractivity contribution in [2.24, 2.45) is 10.2 Å². The molecule has 1 aromatic heterocycles. The SMILES string of the molecule is N#CCCCn1c(O)c(N=NC(=O)CNC(=O)c2ccccc2Br)c2ccccc21. The van der Waals surface area contributed by atoms with Crippen LogP contribution in [-0.4, -0.2) is 28.0 Å². The molecule has 2 aromatic carbocycles. The third-order valence-electron chi connectivity index (χ3n) is 4.37. The molecule has 0 bridgehead atoms. The molecule has 0 aliphatic carbocycles. The van der Waals surface area contributed by atoms with Crippen LogP contribution in [0.5, 0.6) is 5.88 Å². The Morgan fingerprint density at radius 1 is 1.17 bits per heavy atom. The number of carbonyl (C=O) groups is 2. The Morgan fingerprint density at radius 2 is 1.90 bits per heavy atom. The average Bonchev–Trinajstić information content (AvgIpc) is 3.02. The fraction of sp³-hybridized carbons (Fsp3) is 0.190. The van der Waals surface area contributed by atoms with Gasteiger partial charge in [-0.25, -0.2) is 0 Å². The van der Waals surface area contributed by atoms with E-state index in [1.807, 2.05) is 12.1 Å². The molecular weight excluding hydrogens is 450 g/mol. The standard InChI is InChI=1S/C21H18BrN5O3/c22-16-9-3-1-7-14(16)20(29)24-13-18(28)25-26-19-15-8-2-4-10-17(15)27(21(19)30)12-6-5-11-23/h1-4,7-10,30H,5-6,12-13H2,(H,24,29). The van der Waals surface area contributed by atoms with Gasteiger partial charge < -0.3 is 15.0 Å². The highest BCUT2D eigenvalue weighted by Crippen LogP contribution is 2.38. The predicted molar refractivity (Wildman–Crippen MR) is 114 cm³/mol.